The van der Waals surface area contributed by atoms with Crippen molar-refractivity contribution in [1.29, 1.82) is 5.26 Å². The van der Waals surface area contributed by atoms with Crippen LogP contribution < -0.4 is 4.72 Å². The Balaban J connectivity index is 2.06. The molecule has 0 saturated heterocycles. The van der Waals surface area contributed by atoms with E-state index in [9.17, 15) is 8.42 Å². The molecule has 0 saturated carbocycles. The van der Waals surface area contributed by atoms with Gasteiger partial charge >= 0.3 is 0 Å². The van der Waals surface area contributed by atoms with Gasteiger partial charge in [-0.15, -0.1) is 0 Å². The molecule has 0 aliphatic heterocycles. The SMILES string of the molecule is CCc1ncc(S(=O)(=O)Nc2ccc(C)c3c(C#N)c[nH]c23)[nH]1. The predicted octanol–water partition coefficient (Wildman–Crippen LogP) is 2.43. The summed E-state index contributed by atoms with van der Waals surface area (Å²) in [5, 5.41) is 9.88. The van der Waals surface area contributed by atoms with Gasteiger partial charge in [0.1, 0.15) is 11.9 Å². The Morgan fingerprint density at radius 3 is 2.83 bits per heavy atom. The lowest BCUT2D eigenvalue weighted by Gasteiger charge is -2.09. The highest BCUT2D eigenvalue weighted by Gasteiger charge is 2.19. The monoisotopic (exact) mass is 329 g/mol. The van der Waals surface area contributed by atoms with E-state index >= 15 is 0 Å². The van der Waals surface area contributed by atoms with Crippen LogP contribution in [0.4, 0.5) is 5.69 Å². The van der Waals surface area contributed by atoms with Crippen molar-refractivity contribution in [3.05, 3.63) is 41.5 Å². The van der Waals surface area contributed by atoms with Crippen LogP contribution in [-0.2, 0) is 16.4 Å². The average molecular weight is 329 g/mol. The number of aromatic nitrogens is 3. The van der Waals surface area contributed by atoms with Gasteiger partial charge in [0.05, 0.1) is 23.0 Å². The van der Waals surface area contributed by atoms with Crippen LogP contribution in [-0.4, -0.2) is 23.4 Å². The highest BCUT2D eigenvalue weighted by molar-refractivity contribution is 7.92. The zero-order valence-corrected chi connectivity index (χ0v) is 13.5. The fourth-order valence-corrected chi connectivity index (χ4v) is 3.47. The molecule has 8 heteroatoms. The molecule has 1 aromatic carbocycles. The molecule has 3 rings (SSSR count). The molecule has 0 aliphatic rings. The maximum absolute atomic E-state index is 12.5. The molecule has 0 spiro atoms. The lowest BCUT2D eigenvalue weighted by Crippen LogP contribution is -2.14. The number of aromatic amines is 2. The molecule has 0 amide bonds. The van der Waals surface area contributed by atoms with Gasteiger partial charge in [0.25, 0.3) is 10.0 Å². The number of aryl methyl sites for hydroxylation is 2. The molecule has 0 fully saturated rings. The van der Waals surface area contributed by atoms with Gasteiger partial charge < -0.3 is 9.97 Å². The molecular formula is C15H15N5O2S. The number of rotatable bonds is 4. The molecule has 7 nitrogen and oxygen atoms in total. The molecular weight excluding hydrogens is 314 g/mol. The van der Waals surface area contributed by atoms with Gasteiger partial charge in [-0.05, 0) is 18.6 Å². The number of nitrogens with zero attached hydrogens (tertiary/aromatic N) is 2. The molecule has 3 N–H and O–H groups in total. The molecule has 3 aromatic rings. The van der Waals surface area contributed by atoms with Crippen molar-refractivity contribution < 1.29 is 8.42 Å². The van der Waals surface area contributed by atoms with E-state index in [1.165, 1.54) is 6.20 Å². The summed E-state index contributed by atoms with van der Waals surface area (Å²) in [5.41, 5.74) is 2.35. The molecule has 0 atom stereocenters. The molecule has 2 aromatic heterocycles. The smallest absolute Gasteiger partial charge is 0.279 e. The fraction of sp³-hybridized carbons (Fsp3) is 0.200. The van der Waals surface area contributed by atoms with Crippen LogP contribution in [0.5, 0.6) is 0 Å². The molecule has 0 aliphatic carbocycles. The first-order chi connectivity index (χ1) is 11.0. The first-order valence-electron chi connectivity index (χ1n) is 7.03. The Kier molecular flexibility index (Phi) is 3.58. The Bertz CT molecular complexity index is 1020. The number of H-pyrrole nitrogens is 2. The van der Waals surface area contributed by atoms with Gasteiger partial charge in [0, 0.05) is 18.0 Å². The molecule has 23 heavy (non-hydrogen) atoms. The van der Waals surface area contributed by atoms with E-state index in [0.29, 0.717) is 34.4 Å². The number of anilines is 1. The minimum atomic E-state index is -3.78. The normalized spacial score (nSPS) is 11.5. The van der Waals surface area contributed by atoms with Gasteiger partial charge in [-0.1, -0.05) is 13.0 Å². The third kappa shape index (κ3) is 2.55. The van der Waals surface area contributed by atoms with E-state index in [-0.39, 0.29) is 5.03 Å². The van der Waals surface area contributed by atoms with Crippen molar-refractivity contribution >= 4 is 26.6 Å². The summed E-state index contributed by atoms with van der Waals surface area (Å²) < 4.78 is 27.5. The van der Waals surface area contributed by atoms with Crippen molar-refractivity contribution in [2.24, 2.45) is 0 Å². The van der Waals surface area contributed by atoms with E-state index in [0.717, 1.165) is 5.56 Å². The van der Waals surface area contributed by atoms with Crippen LogP contribution in [0.25, 0.3) is 10.9 Å². The van der Waals surface area contributed by atoms with Crippen LogP contribution in [0.1, 0.15) is 23.9 Å². The highest BCUT2D eigenvalue weighted by atomic mass is 32.2. The Morgan fingerprint density at radius 2 is 2.17 bits per heavy atom. The van der Waals surface area contributed by atoms with Crippen molar-refractivity contribution in [2.75, 3.05) is 4.72 Å². The fourth-order valence-electron chi connectivity index (χ4n) is 2.45. The maximum Gasteiger partial charge on any atom is 0.279 e. The van der Waals surface area contributed by atoms with E-state index in [2.05, 4.69) is 25.7 Å². The summed E-state index contributed by atoms with van der Waals surface area (Å²) in [5.74, 6) is 0.603. The summed E-state index contributed by atoms with van der Waals surface area (Å²) in [4.78, 5) is 9.75. The summed E-state index contributed by atoms with van der Waals surface area (Å²) in [6, 6.07) is 5.55. The minimum Gasteiger partial charge on any atom is -0.358 e. The lowest BCUT2D eigenvalue weighted by molar-refractivity contribution is 0.598. The first-order valence-corrected chi connectivity index (χ1v) is 8.52. The topological polar surface area (TPSA) is 114 Å². The number of nitrogens with one attached hydrogen (secondary N) is 3. The zero-order chi connectivity index (χ0) is 16.6. The van der Waals surface area contributed by atoms with E-state index in [1.807, 2.05) is 13.8 Å². The standard InChI is InChI=1S/C15H15N5O2S/c1-3-12-17-8-13(19-12)23(21,22)20-11-5-4-9(2)14-10(6-16)7-18-15(11)14/h4-5,7-8,18,20H,3H2,1-2H3,(H,17,19). The number of hydrogen-bond acceptors (Lipinski definition) is 4. The van der Waals surface area contributed by atoms with Crippen molar-refractivity contribution in [1.82, 2.24) is 15.0 Å². The number of sulfonamides is 1. The Morgan fingerprint density at radius 1 is 1.39 bits per heavy atom. The number of nitriles is 1. The number of hydrogen-bond donors (Lipinski definition) is 3. The predicted molar refractivity (Wildman–Crippen MR) is 86.5 cm³/mol. The largest absolute Gasteiger partial charge is 0.358 e. The van der Waals surface area contributed by atoms with Gasteiger partial charge in [-0.25, -0.2) is 4.98 Å². The number of benzene rings is 1. The Labute approximate surface area is 133 Å². The van der Waals surface area contributed by atoms with Gasteiger partial charge in [-0.2, -0.15) is 13.7 Å². The molecule has 118 valence electrons. The molecule has 2 heterocycles. The molecule has 0 radical (unpaired) electrons. The lowest BCUT2D eigenvalue weighted by atomic mass is 10.1. The minimum absolute atomic E-state index is 0.00939. The van der Waals surface area contributed by atoms with Gasteiger partial charge in [0.15, 0.2) is 5.03 Å². The van der Waals surface area contributed by atoms with Crippen molar-refractivity contribution in [3.8, 4) is 6.07 Å². The van der Waals surface area contributed by atoms with Crippen LogP contribution in [0.2, 0.25) is 0 Å². The second-order valence-corrected chi connectivity index (χ2v) is 6.80. The van der Waals surface area contributed by atoms with E-state index in [1.54, 1.807) is 18.3 Å². The third-order valence-electron chi connectivity index (χ3n) is 3.64. The van der Waals surface area contributed by atoms with Gasteiger partial charge in [-0.3, -0.25) is 4.72 Å². The van der Waals surface area contributed by atoms with Crippen LogP contribution in [0.15, 0.2) is 29.6 Å². The van der Waals surface area contributed by atoms with Crippen molar-refractivity contribution in [2.45, 2.75) is 25.3 Å². The van der Waals surface area contributed by atoms with E-state index in [4.69, 9.17) is 5.26 Å². The summed E-state index contributed by atoms with van der Waals surface area (Å²) in [7, 11) is -3.78. The average Bonchev–Trinajstić information content (AvgIpc) is 3.16. The number of imidazole rings is 1. The molecule has 0 bridgehead atoms. The number of fused-ring (bicyclic) bond motifs is 1. The highest BCUT2D eigenvalue weighted by Crippen LogP contribution is 2.29. The summed E-state index contributed by atoms with van der Waals surface area (Å²) in [6.07, 6.45) is 3.48. The Hall–Kier alpha value is -2.79. The summed E-state index contributed by atoms with van der Waals surface area (Å²) in [6.45, 7) is 3.76. The van der Waals surface area contributed by atoms with Crippen LogP contribution >= 0.6 is 0 Å². The second kappa shape index (κ2) is 5.44. The third-order valence-corrected chi connectivity index (χ3v) is 4.91. The van der Waals surface area contributed by atoms with Crippen molar-refractivity contribution in [3.63, 3.8) is 0 Å². The van der Waals surface area contributed by atoms with Crippen LogP contribution in [0.3, 0.4) is 0 Å². The second-order valence-electron chi connectivity index (χ2n) is 5.15. The zero-order valence-electron chi connectivity index (χ0n) is 12.6. The maximum atomic E-state index is 12.5. The first kappa shape index (κ1) is 15.1. The quantitative estimate of drug-likeness (QED) is 0.682. The van der Waals surface area contributed by atoms with Gasteiger partial charge in [0.2, 0.25) is 0 Å². The molecule has 0 unspecified atom stereocenters. The van der Waals surface area contributed by atoms with Crippen LogP contribution in [0, 0.1) is 18.3 Å². The van der Waals surface area contributed by atoms with E-state index < -0.39 is 10.0 Å². The summed E-state index contributed by atoms with van der Waals surface area (Å²) >= 11 is 0.